The van der Waals surface area contributed by atoms with Crippen molar-refractivity contribution in [2.45, 2.75) is 58.0 Å². The Hall–Kier alpha value is -3.73. The van der Waals surface area contributed by atoms with Crippen LogP contribution < -0.4 is 5.32 Å². The van der Waals surface area contributed by atoms with Gasteiger partial charge in [-0.2, -0.15) is 10.4 Å². The van der Waals surface area contributed by atoms with Gasteiger partial charge >= 0.3 is 0 Å². The second-order valence-electron chi connectivity index (χ2n) is 8.70. The van der Waals surface area contributed by atoms with E-state index in [9.17, 15) is 0 Å². The van der Waals surface area contributed by atoms with Crippen molar-refractivity contribution >= 4 is 11.2 Å². The predicted molar refractivity (Wildman–Crippen MR) is 123 cm³/mol. The molecule has 4 aromatic rings. The Labute approximate surface area is 186 Å². The molecule has 0 radical (unpaired) electrons. The van der Waals surface area contributed by atoms with Crippen LogP contribution in [0.1, 0.15) is 57.6 Å². The van der Waals surface area contributed by atoms with Crippen molar-refractivity contribution in [1.29, 1.82) is 5.26 Å². The number of hydrogen-bond acceptors (Lipinski definition) is 6. The van der Waals surface area contributed by atoms with Crippen LogP contribution in [0.3, 0.4) is 0 Å². The van der Waals surface area contributed by atoms with Crippen molar-refractivity contribution in [2.24, 2.45) is 0 Å². The molecule has 162 valence electrons. The highest BCUT2D eigenvalue weighted by Gasteiger charge is 2.19. The molecule has 1 aliphatic rings. The summed E-state index contributed by atoms with van der Waals surface area (Å²) < 4.78 is 3.83. The molecule has 8 nitrogen and oxygen atoms in total. The van der Waals surface area contributed by atoms with Crippen LogP contribution in [0.5, 0.6) is 0 Å². The number of rotatable bonds is 5. The van der Waals surface area contributed by atoms with Gasteiger partial charge in [-0.25, -0.2) is 9.20 Å². The van der Waals surface area contributed by atoms with E-state index in [0.717, 1.165) is 33.8 Å². The van der Waals surface area contributed by atoms with Gasteiger partial charge in [-0.3, -0.25) is 4.98 Å². The maximum Gasteiger partial charge on any atom is 0.116 e. The maximum atomic E-state index is 9.13. The van der Waals surface area contributed by atoms with Gasteiger partial charge in [-0.05, 0) is 51.0 Å². The quantitative estimate of drug-likeness (QED) is 0.490. The molecule has 4 aromatic heterocycles. The van der Waals surface area contributed by atoms with Crippen molar-refractivity contribution in [3.8, 4) is 28.7 Å². The van der Waals surface area contributed by atoms with Crippen LogP contribution in [0.2, 0.25) is 0 Å². The lowest BCUT2D eigenvalue weighted by Gasteiger charge is -2.21. The molecule has 0 saturated heterocycles. The fraction of sp³-hybridized carbons (Fsp3) is 0.375. The molecule has 0 unspecified atom stereocenters. The Balaban J connectivity index is 1.53. The van der Waals surface area contributed by atoms with Crippen molar-refractivity contribution < 1.29 is 0 Å². The average Bonchev–Trinajstić information content (AvgIpc) is 3.46. The number of fused-ring (bicyclic) bond motifs is 1. The van der Waals surface area contributed by atoms with E-state index in [1.807, 2.05) is 35.1 Å². The lowest BCUT2D eigenvalue weighted by molar-refractivity contribution is 0.324. The fourth-order valence-corrected chi connectivity index (χ4v) is 4.41. The number of anilines is 1. The number of pyridine rings is 1. The van der Waals surface area contributed by atoms with Gasteiger partial charge in [0.1, 0.15) is 11.8 Å². The van der Waals surface area contributed by atoms with E-state index in [4.69, 9.17) is 10.2 Å². The maximum absolute atomic E-state index is 9.13. The van der Waals surface area contributed by atoms with Crippen LogP contribution >= 0.6 is 0 Å². The smallest absolute Gasteiger partial charge is 0.116 e. The molecule has 0 aromatic carbocycles. The van der Waals surface area contributed by atoms with E-state index in [1.54, 1.807) is 10.7 Å². The van der Waals surface area contributed by atoms with Crippen molar-refractivity contribution in [3.05, 3.63) is 48.4 Å². The van der Waals surface area contributed by atoms with Crippen molar-refractivity contribution in [3.63, 3.8) is 0 Å². The third kappa shape index (κ3) is 3.82. The van der Waals surface area contributed by atoms with Crippen LogP contribution in [0, 0.1) is 11.3 Å². The molecule has 0 spiro atoms. The molecular formula is C24H26N8. The van der Waals surface area contributed by atoms with Gasteiger partial charge in [0, 0.05) is 23.5 Å². The SMILES string of the molecule is CC(C)Nc1cc(-c2ccc3cc(C#N)cnn23)ncc1-c1cn(C2CCCCC2)nn1. The number of nitrogens with zero attached hydrogens (tertiary/aromatic N) is 7. The van der Waals surface area contributed by atoms with Gasteiger partial charge in [0.25, 0.3) is 0 Å². The predicted octanol–water partition coefficient (Wildman–Crippen LogP) is 4.85. The summed E-state index contributed by atoms with van der Waals surface area (Å²) in [4.78, 5) is 4.74. The summed E-state index contributed by atoms with van der Waals surface area (Å²) in [5, 5.41) is 26.0. The highest BCUT2D eigenvalue weighted by atomic mass is 15.4. The largest absolute Gasteiger partial charge is 0.382 e. The van der Waals surface area contributed by atoms with Gasteiger partial charge in [0.2, 0.25) is 0 Å². The van der Waals surface area contributed by atoms with E-state index in [2.05, 4.69) is 46.8 Å². The van der Waals surface area contributed by atoms with E-state index < -0.39 is 0 Å². The third-order valence-corrected chi connectivity index (χ3v) is 5.98. The van der Waals surface area contributed by atoms with Crippen LogP contribution in [-0.4, -0.2) is 35.6 Å². The molecule has 0 aliphatic heterocycles. The fourth-order valence-electron chi connectivity index (χ4n) is 4.41. The monoisotopic (exact) mass is 426 g/mol. The molecule has 0 atom stereocenters. The topological polar surface area (TPSA) is 96.7 Å². The minimum Gasteiger partial charge on any atom is -0.382 e. The molecule has 32 heavy (non-hydrogen) atoms. The summed E-state index contributed by atoms with van der Waals surface area (Å²) in [7, 11) is 0. The Morgan fingerprint density at radius 2 is 1.94 bits per heavy atom. The van der Waals surface area contributed by atoms with Crippen LogP contribution in [0.15, 0.2) is 42.9 Å². The van der Waals surface area contributed by atoms with Crippen molar-refractivity contribution in [2.75, 3.05) is 5.32 Å². The first-order valence-corrected chi connectivity index (χ1v) is 11.2. The molecule has 5 rings (SSSR count). The Morgan fingerprint density at radius 3 is 2.72 bits per heavy atom. The summed E-state index contributed by atoms with van der Waals surface area (Å²) in [6, 6.07) is 10.6. The minimum absolute atomic E-state index is 0.248. The molecule has 1 aliphatic carbocycles. The van der Waals surface area contributed by atoms with Gasteiger partial charge < -0.3 is 5.32 Å². The highest BCUT2D eigenvalue weighted by Crippen LogP contribution is 2.33. The van der Waals surface area contributed by atoms with Crippen LogP contribution in [0.4, 0.5) is 5.69 Å². The molecule has 1 fully saturated rings. The van der Waals surface area contributed by atoms with E-state index in [0.29, 0.717) is 11.6 Å². The molecule has 0 bridgehead atoms. The van der Waals surface area contributed by atoms with Gasteiger partial charge in [0.15, 0.2) is 0 Å². The van der Waals surface area contributed by atoms with Crippen LogP contribution in [-0.2, 0) is 0 Å². The zero-order valence-electron chi connectivity index (χ0n) is 18.4. The first-order valence-electron chi connectivity index (χ1n) is 11.2. The highest BCUT2D eigenvalue weighted by molar-refractivity contribution is 5.78. The van der Waals surface area contributed by atoms with E-state index >= 15 is 0 Å². The van der Waals surface area contributed by atoms with Gasteiger partial charge in [-0.1, -0.05) is 24.5 Å². The molecular weight excluding hydrogens is 400 g/mol. The van der Waals surface area contributed by atoms with Crippen molar-refractivity contribution in [1.82, 2.24) is 29.6 Å². The summed E-state index contributed by atoms with van der Waals surface area (Å²) >= 11 is 0. The lowest BCUT2D eigenvalue weighted by Crippen LogP contribution is -2.13. The number of aromatic nitrogens is 6. The Bertz CT molecular complexity index is 1290. The normalized spacial score (nSPS) is 14.7. The zero-order valence-corrected chi connectivity index (χ0v) is 18.4. The second kappa shape index (κ2) is 8.42. The molecule has 0 amide bonds. The average molecular weight is 427 g/mol. The first-order chi connectivity index (χ1) is 15.6. The van der Waals surface area contributed by atoms with Crippen LogP contribution in [0.25, 0.3) is 28.2 Å². The summed E-state index contributed by atoms with van der Waals surface area (Å²) in [5.74, 6) is 0. The Kier molecular flexibility index (Phi) is 5.31. The zero-order chi connectivity index (χ0) is 22.1. The van der Waals surface area contributed by atoms with E-state index in [1.165, 1.54) is 32.1 Å². The molecule has 1 saturated carbocycles. The van der Waals surface area contributed by atoms with Gasteiger partial charge in [-0.15, -0.1) is 5.10 Å². The Morgan fingerprint density at radius 1 is 1.09 bits per heavy atom. The second-order valence-corrected chi connectivity index (χ2v) is 8.70. The molecule has 4 heterocycles. The van der Waals surface area contributed by atoms with E-state index in [-0.39, 0.29) is 6.04 Å². The minimum atomic E-state index is 0.248. The standard InChI is InChI=1S/C24H26N8/c1-16(2)28-21-11-22(24-9-8-19-10-17(12-25)13-27-32(19)24)26-14-20(21)23-15-31(30-29-23)18-6-4-3-5-7-18/h8-11,13-16,18H,3-7H2,1-2H3,(H,26,28). The lowest BCUT2D eigenvalue weighted by atomic mass is 9.96. The summed E-state index contributed by atoms with van der Waals surface area (Å²) in [6.07, 6.45) is 11.6. The molecule has 1 N–H and O–H groups in total. The summed E-state index contributed by atoms with van der Waals surface area (Å²) in [6.45, 7) is 4.22. The third-order valence-electron chi connectivity index (χ3n) is 5.98. The number of hydrogen-bond donors (Lipinski definition) is 1. The summed E-state index contributed by atoms with van der Waals surface area (Å²) in [5.41, 5.74) is 5.79. The number of nitrogens with one attached hydrogen (secondary N) is 1. The molecule has 8 heteroatoms. The number of nitriles is 1. The van der Waals surface area contributed by atoms with Gasteiger partial charge in [0.05, 0.1) is 40.9 Å². The first kappa shape index (κ1) is 20.2.